The molecule has 1 saturated heterocycles. The highest BCUT2D eigenvalue weighted by Crippen LogP contribution is 2.14. The predicted molar refractivity (Wildman–Crippen MR) is 98.7 cm³/mol. The molecule has 1 aromatic heterocycles. The van der Waals surface area contributed by atoms with Gasteiger partial charge in [-0.2, -0.15) is 0 Å². The second-order valence-corrected chi connectivity index (χ2v) is 6.98. The molecular formula is C17H19BrN4O4. The number of carbonyl (C=O) groups excluding carboxylic acids is 2. The van der Waals surface area contributed by atoms with E-state index < -0.39 is 11.9 Å². The summed E-state index contributed by atoms with van der Waals surface area (Å²) in [6, 6.07) is 4.53. The first kappa shape index (κ1) is 18.5. The summed E-state index contributed by atoms with van der Waals surface area (Å²) >= 11 is 3.32. The van der Waals surface area contributed by atoms with Gasteiger partial charge < -0.3 is 15.0 Å². The van der Waals surface area contributed by atoms with Crippen molar-refractivity contribution in [3.8, 4) is 0 Å². The van der Waals surface area contributed by atoms with Crippen LogP contribution in [0.15, 0.2) is 33.8 Å². The molecule has 0 bridgehead atoms. The predicted octanol–water partition coefficient (Wildman–Crippen LogP) is 0.522. The van der Waals surface area contributed by atoms with E-state index in [1.807, 2.05) is 0 Å². The van der Waals surface area contributed by atoms with Crippen LogP contribution in [0.2, 0.25) is 0 Å². The number of carbonyl (C=O) groups is 2. The Hall–Kier alpha value is -2.26. The van der Waals surface area contributed by atoms with Crippen LogP contribution in [0.1, 0.15) is 6.92 Å². The Morgan fingerprint density at radius 1 is 1.35 bits per heavy atom. The Bertz CT molecular complexity index is 892. The molecule has 1 N–H and O–H groups in total. The summed E-state index contributed by atoms with van der Waals surface area (Å²) in [7, 11) is 0. The smallest absolute Gasteiger partial charge is 0.261 e. The van der Waals surface area contributed by atoms with E-state index >= 15 is 0 Å². The monoisotopic (exact) mass is 422 g/mol. The van der Waals surface area contributed by atoms with Crippen LogP contribution in [0.5, 0.6) is 0 Å². The van der Waals surface area contributed by atoms with Gasteiger partial charge in [0.25, 0.3) is 5.56 Å². The molecule has 1 aromatic carbocycles. The molecule has 1 fully saturated rings. The van der Waals surface area contributed by atoms with E-state index in [-0.39, 0.29) is 18.0 Å². The van der Waals surface area contributed by atoms with E-state index in [1.165, 1.54) is 10.9 Å². The number of morpholine rings is 1. The molecule has 2 amide bonds. The summed E-state index contributed by atoms with van der Waals surface area (Å²) in [6.45, 7) is 3.47. The van der Waals surface area contributed by atoms with E-state index in [0.29, 0.717) is 37.2 Å². The summed E-state index contributed by atoms with van der Waals surface area (Å²) < 4.78 is 7.21. The minimum absolute atomic E-state index is 0.158. The fraction of sp³-hybridized carbons (Fsp3) is 0.412. The zero-order chi connectivity index (χ0) is 18.7. The molecule has 1 aliphatic rings. The molecule has 1 unspecified atom stereocenters. The highest BCUT2D eigenvalue weighted by Gasteiger charge is 2.23. The number of ether oxygens (including phenoxy) is 1. The summed E-state index contributed by atoms with van der Waals surface area (Å²) in [4.78, 5) is 43.0. The number of hydrogen-bond acceptors (Lipinski definition) is 5. The Balaban J connectivity index is 1.68. The second-order valence-electron chi connectivity index (χ2n) is 6.07. The Kier molecular flexibility index (Phi) is 5.67. The maximum absolute atomic E-state index is 12.5. The third-order valence-corrected chi connectivity index (χ3v) is 4.66. The molecule has 0 spiro atoms. The first-order valence-corrected chi connectivity index (χ1v) is 9.05. The Labute approximate surface area is 158 Å². The molecule has 0 saturated carbocycles. The van der Waals surface area contributed by atoms with Crippen LogP contribution in [0, 0.1) is 0 Å². The molecule has 1 atom stereocenters. The lowest BCUT2D eigenvalue weighted by Gasteiger charge is -2.29. The van der Waals surface area contributed by atoms with Gasteiger partial charge in [-0.15, -0.1) is 0 Å². The van der Waals surface area contributed by atoms with Crippen LogP contribution < -0.4 is 10.9 Å². The van der Waals surface area contributed by atoms with Crippen molar-refractivity contribution in [1.82, 2.24) is 19.8 Å². The van der Waals surface area contributed by atoms with Gasteiger partial charge in [-0.25, -0.2) is 4.98 Å². The summed E-state index contributed by atoms with van der Waals surface area (Å²) in [5.41, 5.74) is 0.254. The largest absolute Gasteiger partial charge is 0.378 e. The van der Waals surface area contributed by atoms with Crippen LogP contribution in [-0.2, 0) is 20.9 Å². The Morgan fingerprint density at radius 2 is 2.08 bits per heavy atom. The number of nitrogens with one attached hydrogen (secondary N) is 1. The molecule has 138 valence electrons. The molecule has 9 heteroatoms. The van der Waals surface area contributed by atoms with Gasteiger partial charge in [0.15, 0.2) is 0 Å². The molecule has 26 heavy (non-hydrogen) atoms. The van der Waals surface area contributed by atoms with Crippen LogP contribution in [0.3, 0.4) is 0 Å². The van der Waals surface area contributed by atoms with Crippen molar-refractivity contribution < 1.29 is 14.3 Å². The van der Waals surface area contributed by atoms with Gasteiger partial charge in [-0.3, -0.25) is 19.0 Å². The zero-order valence-electron chi connectivity index (χ0n) is 14.3. The fourth-order valence-electron chi connectivity index (χ4n) is 2.80. The highest BCUT2D eigenvalue weighted by molar-refractivity contribution is 9.10. The van der Waals surface area contributed by atoms with E-state index in [4.69, 9.17) is 4.74 Å². The van der Waals surface area contributed by atoms with Crippen molar-refractivity contribution in [2.75, 3.05) is 26.3 Å². The minimum atomic E-state index is -0.668. The number of fused-ring (bicyclic) bond motifs is 1. The van der Waals surface area contributed by atoms with Crippen molar-refractivity contribution in [2.24, 2.45) is 0 Å². The van der Waals surface area contributed by atoms with Crippen LogP contribution in [-0.4, -0.2) is 58.6 Å². The van der Waals surface area contributed by atoms with Gasteiger partial charge >= 0.3 is 0 Å². The number of benzene rings is 1. The third kappa shape index (κ3) is 4.10. The van der Waals surface area contributed by atoms with Crippen molar-refractivity contribution >= 4 is 38.6 Å². The average Bonchev–Trinajstić information content (AvgIpc) is 2.64. The van der Waals surface area contributed by atoms with E-state index in [0.717, 1.165) is 4.47 Å². The van der Waals surface area contributed by atoms with Gasteiger partial charge in [0.2, 0.25) is 11.8 Å². The molecule has 8 nitrogen and oxygen atoms in total. The van der Waals surface area contributed by atoms with E-state index in [9.17, 15) is 14.4 Å². The van der Waals surface area contributed by atoms with Gasteiger partial charge in [0, 0.05) is 17.6 Å². The lowest BCUT2D eigenvalue weighted by Crippen LogP contribution is -2.51. The highest BCUT2D eigenvalue weighted by atomic mass is 79.9. The molecule has 2 aromatic rings. The van der Waals surface area contributed by atoms with Gasteiger partial charge in [-0.1, -0.05) is 15.9 Å². The van der Waals surface area contributed by atoms with Gasteiger partial charge in [-0.05, 0) is 25.1 Å². The molecule has 2 heterocycles. The van der Waals surface area contributed by atoms with Crippen molar-refractivity contribution in [3.63, 3.8) is 0 Å². The summed E-state index contributed by atoms with van der Waals surface area (Å²) in [6.07, 6.45) is 1.34. The van der Waals surface area contributed by atoms with Crippen LogP contribution >= 0.6 is 15.9 Å². The van der Waals surface area contributed by atoms with Gasteiger partial charge in [0.1, 0.15) is 12.6 Å². The molecule has 0 aliphatic carbocycles. The van der Waals surface area contributed by atoms with Crippen molar-refractivity contribution in [2.45, 2.75) is 19.5 Å². The first-order chi connectivity index (χ1) is 12.5. The molecular weight excluding hydrogens is 404 g/mol. The number of rotatable bonds is 4. The fourth-order valence-corrected chi connectivity index (χ4v) is 3.17. The average molecular weight is 423 g/mol. The van der Waals surface area contributed by atoms with Crippen molar-refractivity contribution in [1.29, 1.82) is 0 Å². The van der Waals surface area contributed by atoms with Crippen LogP contribution in [0.25, 0.3) is 10.9 Å². The minimum Gasteiger partial charge on any atom is -0.378 e. The zero-order valence-corrected chi connectivity index (χ0v) is 15.9. The lowest BCUT2D eigenvalue weighted by atomic mass is 10.2. The number of nitrogens with zero attached hydrogens (tertiary/aromatic N) is 3. The summed E-state index contributed by atoms with van der Waals surface area (Å²) in [5.74, 6) is -0.577. The maximum Gasteiger partial charge on any atom is 0.261 e. The number of hydrogen-bond donors (Lipinski definition) is 1. The molecule has 3 rings (SSSR count). The lowest BCUT2D eigenvalue weighted by molar-refractivity contribution is -0.139. The number of halogens is 1. The van der Waals surface area contributed by atoms with Crippen molar-refractivity contribution in [3.05, 3.63) is 39.4 Å². The van der Waals surface area contributed by atoms with E-state index in [1.54, 1.807) is 30.0 Å². The standard InChI is InChI=1S/C17H19BrN4O4/c1-11(16(24)21-4-6-26-7-5-21)20-15(23)9-22-10-19-14-3-2-12(18)8-13(14)17(22)25/h2-3,8,10-11H,4-7,9H2,1H3,(H,20,23). The number of amides is 2. The quantitative estimate of drug-likeness (QED) is 0.774. The molecule has 1 aliphatic heterocycles. The SMILES string of the molecule is CC(NC(=O)Cn1cnc2ccc(Br)cc2c1=O)C(=O)N1CCOCC1. The number of aromatic nitrogens is 2. The topological polar surface area (TPSA) is 93.5 Å². The van der Waals surface area contributed by atoms with Crippen LogP contribution in [0.4, 0.5) is 0 Å². The first-order valence-electron chi connectivity index (χ1n) is 8.26. The maximum atomic E-state index is 12.5. The second kappa shape index (κ2) is 7.96. The van der Waals surface area contributed by atoms with E-state index in [2.05, 4.69) is 26.2 Å². The normalized spacial score (nSPS) is 15.7. The molecule has 0 radical (unpaired) electrons. The summed E-state index contributed by atoms with van der Waals surface area (Å²) in [5, 5.41) is 3.07. The Morgan fingerprint density at radius 3 is 2.81 bits per heavy atom. The van der Waals surface area contributed by atoms with Gasteiger partial charge in [0.05, 0.1) is 30.4 Å². The third-order valence-electron chi connectivity index (χ3n) is 4.17.